The van der Waals surface area contributed by atoms with Crippen molar-refractivity contribution in [1.29, 1.82) is 0 Å². The minimum atomic E-state index is -0.129. The van der Waals surface area contributed by atoms with Gasteiger partial charge in [-0.05, 0) is 19.1 Å². The summed E-state index contributed by atoms with van der Waals surface area (Å²) in [4.78, 5) is 16.0. The van der Waals surface area contributed by atoms with Gasteiger partial charge in [0.1, 0.15) is 0 Å². The molecule has 0 radical (unpaired) electrons. The number of carbonyl (C=O) groups is 1. The van der Waals surface area contributed by atoms with Gasteiger partial charge in [-0.1, -0.05) is 0 Å². The Hall–Kier alpha value is -2.37. The predicted molar refractivity (Wildman–Crippen MR) is 73.0 cm³/mol. The van der Waals surface area contributed by atoms with Crippen molar-refractivity contribution >= 4 is 11.6 Å². The van der Waals surface area contributed by atoms with Crippen LogP contribution in [0.2, 0.25) is 0 Å². The second kappa shape index (κ2) is 6.53. The van der Waals surface area contributed by atoms with E-state index in [4.69, 9.17) is 0 Å². The van der Waals surface area contributed by atoms with E-state index in [0.717, 1.165) is 12.2 Å². The Morgan fingerprint density at radius 3 is 3.05 bits per heavy atom. The molecule has 0 saturated heterocycles. The van der Waals surface area contributed by atoms with Crippen molar-refractivity contribution in [2.24, 2.45) is 0 Å². The van der Waals surface area contributed by atoms with E-state index in [1.807, 2.05) is 19.2 Å². The molecule has 6 nitrogen and oxygen atoms in total. The Balaban J connectivity index is 1.92. The number of nitrogens with zero attached hydrogens (tertiary/aromatic N) is 3. The van der Waals surface area contributed by atoms with Crippen molar-refractivity contribution < 1.29 is 4.79 Å². The molecule has 0 aliphatic carbocycles. The smallest absolute Gasteiger partial charge is 0.255 e. The SMILES string of the molecule is CCNc1ccncc1C(=O)NCCn1cccn1. The highest BCUT2D eigenvalue weighted by Crippen LogP contribution is 2.12. The lowest BCUT2D eigenvalue weighted by Crippen LogP contribution is -2.28. The van der Waals surface area contributed by atoms with Crippen molar-refractivity contribution in [3.8, 4) is 0 Å². The average molecular weight is 259 g/mol. The number of rotatable bonds is 6. The number of carbonyl (C=O) groups excluding carboxylic acids is 1. The van der Waals surface area contributed by atoms with Crippen LogP contribution in [0.15, 0.2) is 36.9 Å². The summed E-state index contributed by atoms with van der Waals surface area (Å²) in [5.74, 6) is -0.129. The highest BCUT2D eigenvalue weighted by molar-refractivity contribution is 5.99. The third-order valence-electron chi connectivity index (χ3n) is 2.62. The van der Waals surface area contributed by atoms with Crippen molar-refractivity contribution in [3.63, 3.8) is 0 Å². The Kier molecular flexibility index (Phi) is 4.49. The number of pyridine rings is 1. The monoisotopic (exact) mass is 259 g/mol. The summed E-state index contributed by atoms with van der Waals surface area (Å²) in [6.45, 7) is 3.92. The summed E-state index contributed by atoms with van der Waals surface area (Å²) in [5.41, 5.74) is 1.36. The normalized spacial score (nSPS) is 10.2. The third kappa shape index (κ3) is 3.54. The van der Waals surface area contributed by atoms with E-state index < -0.39 is 0 Å². The molecule has 0 aliphatic rings. The topological polar surface area (TPSA) is 71.8 Å². The Morgan fingerprint density at radius 1 is 1.42 bits per heavy atom. The molecular formula is C13H17N5O. The van der Waals surface area contributed by atoms with Gasteiger partial charge >= 0.3 is 0 Å². The molecular weight excluding hydrogens is 242 g/mol. The van der Waals surface area contributed by atoms with Gasteiger partial charge in [-0.3, -0.25) is 14.5 Å². The van der Waals surface area contributed by atoms with Crippen LogP contribution in [-0.4, -0.2) is 33.8 Å². The molecule has 2 aromatic heterocycles. The van der Waals surface area contributed by atoms with E-state index >= 15 is 0 Å². The first-order valence-corrected chi connectivity index (χ1v) is 6.24. The van der Waals surface area contributed by atoms with Crippen LogP contribution in [0.5, 0.6) is 0 Å². The minimum Gasteiger partial charge on any atom is -0.385 e. The Bertz CT molecular complexity index is 524. The summed E-state index contributed by atoms with van der Waals surface area (Å²) >= 11 is 0. The van der Waals surface area contributed by atoms with Gasteiger partial charge in [-0.2, -0.15) is 5.10 Å². The minimum absolute atomic E-state index is 0.129. The van der Waals surface area contributed by atoms with E-state index in [1.165, 1.54) is 0 Å². The Morgan fingerprint density at radius 2 is 2.32 bits per heavy atom. The van der Waals surface area contributed by atoms with Crippen LogP contribution in [0.25, 0.3) is 0 Å². The van der Waals surface area contributed by atoms with E-state index in [2.05, 4.69) is 20.7 Å². The van der Waals surface area contributed by atoms with E-state index in [9.17, 15) is 4.79 Å². The first-order chi connectivity index (χ1) is 9.31. The second-order valence-corrected chi connectivity index (χ2v) is 3.98. The van der Waals surface area contributed by atoms with Crippen LogP contribution in [0.3, 0.4) is 0 Å². The Labute approximate surface area is 111 Å². The molecule has 100 valence electrons. The predicted octanol–water partition coefficient (Wildman–Crippen LogP) is 1.14. The molecule has 0 spiro atoms. The summed E-state index contributed by atoms with van der Waals surface area (Å²) in [7, 11) is 0. The molecule has 2 rings (SSSR count). The van der Waals surface area contributed by atoms with Crippen LogP contribution >= 0.6 is 0 Å². The highest BCUT2D eigenvalue weighted by Gasteiger charge is 2.10. The second-order valence-electron chi connectivity index (χ2n) is 3.98. The van der Waals surface area contributed by atoms with Crippen molar-refractivity contribution in [2.75, 3.05) is 18.4 Å². The molecule has 0 aliphatic heterocycles. The van der Waals surface area contributed by atoms with E-state index in [-0.39, 0.29) is 5.91 Å². The van der Waals surface area contributed by atoms with E-state index in [1.54, 1.807) is 29.3 Å². The number of hydrogen-bond acceptors (Lipinski definition) is 4. The van der Waals surface area contributed by atoms with Gasteiger partial charge in [0.2, 0.25) is 0 Å². The molecule has 2 N–H and O–H groups in total. The van der Waals surface area contributed by atoms with Crippen LogP contribution in [0, 0.1) is 0 Å². The number of hydrogen-bond donors (Lipinski definition) is 2. The summed E-state index contributed by atoms with van der Waals surface area (Å²) in [6, 6.07) is 3.65. The molecule has 0 saturated carbocycles. The quantitative estimate of drug-likeness (QED) is 0.816. The molecule has 2 heterocycles. The maximum absolute atomic E-state index is 12.0. The molecule has 0 fully saturated rings. The maximum atomic E-state index is 12.0. The third-order valence-corrected chi connectivity index (χ3v) is 2.62. The van der Waals surface area contributed by atoms with Crippen LogP contribution in [0.4, 0.5) is 5.69 Å². The standard InChI is InChI=1S/C13H17N5O/c1-2-15-12-4-6-14-10-11(12)13(19)16-7-9-18-8-3-5-17-18/h3-6,8,10H,2,7,9H2,1H3,(H,14,15)(H,16,19). The fourth-order valence-corrected chi connectivity index (χ4v) is 1.73. The zero-order valence-corrected chi connectivity index (χ0v) is 10.8. The van der Waals surface area contributed by atoms with Gasteiger partial charge < -0.3 is 10.6 Å². The molecule has 1 amide bonds. The maximum Gasteiger partial charge on any atom is 0.255 e. The molecule has 6 heteroatoms. The first kappa shape index (κ1) is 13.1. The molecule has 19 heavy (non-hydrogen) atoms. The zero-order valence-electron chi connectivity index (χ0n) is 10.8. The van der Waals surface area contributed by atoms with Gasteiger partial charge in [0.25, 0.3) is 5.91 Å². The summed E-state index contributed by atoms with van der Waals surface area (Å²) < 4.78 is 1.77. The number of anilines is 1. The summed E-state index contributed by atoms with van der Waals surface area (Å²) in [6.07, 6.45) is 6.81. The largest absolute Gasteiger partial charge is 0.385 e. The van der Waals surface area contributed by atoms with Gasteiger partial charge in [0.05, 0.1) is 17.8 Å². The van der Waals surface area contributed by atoms with Gasteiger partial charge in [-0.15, -0.1) is 0 Å². The molecule has 0 bridgehead atoms. The zero-order chi connectivity index (χ0) is 13.5. The first-order valence-electron chi connectivity index (χ1n) is 6.24. The molecule has 0 aromatic carbocycles. The van der Waals surface area contributed by atoms with Crippen LogP contribution in [0.1, 0.15) is 17.3 Å². The fourth-order valence-electron chi connectivity index (χ4n) is 1.73. The van der Waals surface area contributed by atoms with Gasteiger partial charge in [-0.25, -0.2) is 0 Å². The average Bonchev–Trinajstić information content (AvgIpc) is 2.93. The lowest BCUT2D eigenvalue weighted by atomic mass is 10.2. The highest BCUT2D eigenvalue weighted by atomic mass is 16.1. The van der Waals surface area contributed by atoms with Crippen molar-refractivity contribution in [1.82, 2.24) is 20.1 Å². The van der Waals surface area contributed by atoms with Crippen molar-refractivity contribution in [2.45, 2.75) is 13.5 Å². The molecule has 0 unspecified atom stereocenters. The lowest BCUT2D eigenvalue weighted by molar-refractivity contribution is 0.0952. The lowest BCUT2D eigenvalue weighted by Gasteiger charge is -2.10. The van der Waals surface area contributed by atoms with Gasteiger partial charge in [0.15, 0.2) is 0 Å². The van der Waals surface area contributed by atoms with Crippen molar-refractivity contribution in [3.05, 3.63) is 42.5 Å². The van der Waals surface area contributed by atoms with Gasteiger partial charge in [0, 0.05) is 37.9 Å². The summed E-state index contributed by atoms with van der Waals surface area (Å²) in [5, 5.41) is 10.1. The fraction of sp³-hybridized carbons (Fsp3) is 0.308. The van der Waals surface area contributed by atoms with Crippen LogP contribution in [-0.2, 0) is 6.54 Å². The van der Waals surface area contributed by atoms with E-state index in [0.29, 0.717) is 18.7 Å². The molecule has 2 aromatic rings. The van der Waals surface area contributed by atoms with Crippen LogP contribution < -0.4 is 10.6 Å². The number of amides is 1. The number of nitrogens with one attached hydrogen (secondary N) is 2. The molecule has 0 atom stereocenters. The number of aromatic nitrogens is 3.